The molecule has 29 heavy (non-hydrogen) atoms. The number of fused-ring (bicyclic) bond motifs is 1. The lowest BCUT2D eigenvalue weighted by atomic mass is 10.1. The molecule has 1 amide bonds. The summed E-state index contributed by atoms with van der Waals surface area (Å²) in [5.74, 6) is 1.07. The van der Waals surface area contributed by atoms with Gasteiger partial charge in [-0.25, -0.2) is 9.97 Å². The normalized spacial score (nSPS) is 15.1. The van der Waals surface area contributed by atoms with E-state index < -0.39 is 0 Å². The largest absolute Gasteiger partial charge is 0.353 e. The van der Waals surface area contributed by atoms with E-state index in [1.165, 1.54) is 4.88 Å². The van der Waals surface area contributed by atoms with E-state index in [1.807, 2.05) is 32.0 Å². The summed E-state index contributed by atoms with van der Waals surface area (Å²) in [4.78, 5) is 28.5. The lowest BCUT2D eigenvalue weighted by Gasteiger charge is -2.35. The van der Waals surface area contributed by atoms with Crippen LogP contribution in [0.4, 0.5) is 11.5 Å². The van der Waals surface area contributed by atoms with Crippen LogP contribution in [0.2, 0.25) is 0 Å². The van der Waals surface area contributed by atoms with Gasteiger partial charge in [-0.1, -0.05) is 25.1 Å². The Morgan fingerprint density at radius 1 is 1.14 bits per heavy atom. The van der Waals surface area contributed by atoms with Crippen molar-refractivity contribution in [1.82, 2.24) is 14.9 Å². The standard InChI is InChI=1S/C22H27N5OS/c1-4-17-12-18-21(23-14-24-22(18)29-17)27-10-8-26(9-11-27)13-19(28)25-20-15(2)6-5-7-16(20)3/h5-7,12,14H,4,8-11,13H2,1-3H3,(H,25,28). The van der Waals surface area contributed by atoms with Gasteiger partial charge in [-0.2, -0.15) is 0 Å². The molecular weight excluding hydrogens is 382 g/mol. The summed E-state index contributed by atoms with van der Waals surface area (Å²) in [5, 5.41) is 4.24. The van der Waals surface area contributed by atoms with E-state index in [0.29, 0.717) is 6.54 Å². The highest BCUT2D eigenvalue weighted by Gasteiger charge is 2.22. The molecule has 1 N–H and O–H groups in total. The van der Waals surface area contributed by atoms with E-state index in [4.69, 9.17) is 0 Å². The Labute approximate surface area is 175 Å². The minimum absolute atomic E-state index is 0.0469. The summed E-state index contributed by atoms with van der Waals surface area (Å²) < 4.78 is 0. The molecule has 0 unspecified atom stereocenters. The van der Waals surface area contributed by atoms with Gasteiger partial charge in [0.2, 0.25) is 5.91 Å². The van der Waals surface area contributed by atoms with E-state index in [-0.39, 0.29) is 5.91 Å². The molecular formula is C22H27N5OS. The van der Waals surface area contributed by atoms with Crippen LogP contribution in [0.5, 0.6) is 0 Å². The Kier molecular flexibility index (Phi) is 5.78. The Morgan fingerprint density at radius 2 is 1.86 bits per heavy atom. The molecule has 3 heterocycles. The zero-order valence-electron chi connectivity index (χ0n) is 17.2. The van der Waals surface area contributed by atoms with Gasteiger partial charge in [0.1, 0.15) is 17.0 Å². The van der Waals surface area contributed by atoms with Crippen LogP contribution in [0, 0.1) is 13.8 Å². The van der Waals surface area contributed by atoms with E-state index in [1.54, 1.807) is 17.7 Å². The minimum Gasteiger partial charge on any atom is -0.353 e. The van der Waals surface area contributed by atoms with Crippen LogP contribution in [-0.2, 0) is 11.2 Å². The second-order valence-corrected chi connectivity index (χ2v) is 8.68. The zero-order valence-corrected chi connectivity index (χ0v) is 18.1. The molecule has 1 aromatic carbocycles. The van der Waals surface area contributed by atoms with Gasteiger partial charge in [0, 0.05) is 36.7 Å². The highest BCUT2D eigenvalue weighted by atomic mass is 32.1. The summed E-state index contributed by atoms with van der Waals surface area (Å²) in [6.07, 6.45) is 2.68. The number of para-hydroxylation sites is 1. The molecule has 1 aliphatic rings. The van der Waals surface area contributed by atoms with Gasteiger partial charge in [-0.3, -0.25) is 9.69 Å². The topological polar surface area (TPSA) is 61.4 Å². The number of piperazine rings is 1. The van der Waals surface area contributed by atoms with Crippen molar-refractivity contribution in [3.63, 3.8) is 0 Å². The third-order valence-corrected chi connectivity index (χ3v) is 6.68. The van der Waals surface area contributed by atoms with Crippen LogP contribution >= 0.6 is 11.3 Å². The van der Waals surface area contributed by atoms with Crippen molar-refractivity contribution in [2.75, 3.05) is 42.9 Å². The predicted molar refractivity (Wildman–Crippen MR) is 120 cm³/mol. The minimum atomic E-state index is 0.0469. The SMILES string of the molecule is CCc1cc2c(N3CCN(CC(=O)Nc4c(C)cccc4C)CC3)ncnc2s1. The van der Waals surface area contributed by atoms with Gasteiger partial charge in [-0.15, -0.1) is 11.3 Å². The first-order chi connectivity index (χ1) is 14.0. The number of carbonyl (C=O) groups excluding carboxylic acids is 1. The molecule has 2 aromatic heterocycles. The van der Waals surface area contributed by atoms with E-state index in [0.717, 1.165) is 65.4 Å². The third-order valence-electron chi connectivity index (χ3n) is 5.49. The van der Waals surface area contributed by atoms with Crippen LogP contribution in [0.15, 0.2) is 30.6 Å². The number of nitrogens with one attached hydrogen (secondary N) is 1. The molecule has 1 aliphatic heterocycles. The van der Waals surface area contributed by atoms with E-state index >= 15 is 0 Å². The van der Waals surface area contributed by atoms with Crippen LogP contribution in [0.1, 0.15) is 22.9 Å². The highest BCUT2D eigenvalue weighted by molar-refractivity contribution is 7.18. The summed E-state index contributed by atoms with van der Waals surface area (Å²) in [7, 11) is 0. The summed E-state index contributed by atoms with van der Waals surface area (Å²) >= 11 is 1.75. The fourth-order valence-corrected chi connectivity index (χ4v) is 4.76. The first kappa shape index (κ1) is 19.8. The van der Waals surface area contributed by atoms with Gasteiger partial charge in [0.05, 0.1) is 11.9 Å². The Balaban J connectivity index is 1.37. The predicted octanol–water partition coefficient (Wildman–Crippen LogP) is 3.63. The van der Waals surface area contributed by atoms with Crippen LogP contribution in [-0.4, -0.2) is 53.5 Å². The third kappa shape index (κ3) is 4.26. The molecule has 4 rings (SSSR count). The number of hydrogen-bond donors (Lipinski definition) is 1. The van der Waals surface area contributed by atoms with Crippen molar-refractivity contribution >= 4 is 39.0 Å². The number of aryl methyl sites for hydroxylation is 3. The molecule has 1 fully saturated rings. The first-order valence-corrected chi connectivity index (χ1v) is 10.9. The van der Waals surface area contributed by atoms with Gasteiger partial charge in [0.15, 0.2) is 0 Å². The fourth-order valence-electron chi connectivity index (χ4n) is 3.83. The van der Waals surface area contributed by atoms with Crippen molar-refractivity contribution in [2.45, 2.75) is 27.2 Å². The molecule has 0 aliphatic carbocycles. The van der Waals surface area contributed by atoms with Gasteiger partial charge in [-0.05, 0) is 37.5 Å². The Morgan fingerprint density at radius 3 is 2.55 bits per heavy atom. The number of hydrogen-bond acceptors (Lipinski definition) is 6. The molecule has 3 aromatic rings. The number of amides is 1. The molecule has 0 atom stereocenters. The average molecular weight is 410 g/mol. The van der Waals surface area contributed by atoms with Gasteiger partial charge in [0.25, 0.3) is 0 Å². The Hall–Kier alpha value is -2.51. The lowest BCUT2D eigenvalue weighted by molar-refractivity contribution is -0.117. The number of aromatic nitrogens is 2. The number of rotatable bonds is 5. The molecule has 152 valence electrons. The van der Waals surface area contributed by atoms with Gasteiger partial charge < -0.3 is 10.2 Å². The Bertz CT molecular complexity index is 1000. The van der Waals surface area contributed by atoms with Crippen LogP contribution < -0.4 is 10.2 Å². The maximum atomic E-state index is 12.6. The smallest absolute Gasteiger partial charge is 0.238 e. The van der Waals surface area contributed by atoms with E-state index in [9.17, 15) is 4.79 Å². The first-order valence-electron chi connectivity index (χ1n) is 10.1. The van der Waals surface area contributed by atoms with Crippen molar-refractivity contribution in [2.24, 2.45) is 0 Å². The highest BCUT2D eigenvalue weighted by Crippen LogP contribution is 2.31. The van der Waals surface area contributed by atoms with Crippen molar-refractivity contribution in [1.29, 1.82) is 0 Å². The zero-order chi connectivity index (χ0) is 20.4. The number of benzene rings is 1. The second-order valence-electron chi connectivity index (χ2n) is 7.56. The number of carbonyl (C=O) groups is 1. The molecule has 1 saturated heterocycles. The average Bonchev–Trinajstić information content (AvgIpc) is 3.15. The van der Waals surface area contributed by atoms with Crippen molar-refractivity contribution < 1.29 is 4.79 Å². The van der Waals surface area contributed by atoms with Crippen LogP contribution in [0.3, 0.4) is 0 Å². The van der Waals surface area contributed by atoms with Crippen LogP contribution in [0.25, 0.3) is 10.2 Å². The van der Waals surface area contributed by atoms with Crippen molar-refractivity contribution in [3.05, 3.63) is 46.6 Å². The number of thiophene rings is 1. The summed E-state index contributed by atoms with van der Waals surface area (Å²) in [6.45, 7) is 10.0. The van der Waals surface area contributed by atoms with Gasteiger partial charge >= 0.3 is 0 Å². The molecule has 0 bridgehead atoms. The molecule has 0 radical (unpaired) electrons. The molecule has 6 nitrogen and oxygen atoms in total. The number of anilines is 2. The maximum Gasteiger partial charge on any atom is 0.238 e. The molecule has 0 saturated carbocycles. The summed E-state index contributed by atoms with van der Waals surface area (Å²) in [6, 6.07) is 8.29. The molecule has 0 spiro atoms. The monoisotopic (exact) mass is 409 g/mol. The summed E-state index contributed by atoms with van der Waals surface area (Å²) in [5.41, 5.74) is 3.13. The van der Waals surface area contributed by atoms with Crippen molar-refractivity contribution in [3.8, 4) is 0 Å². The maximum absolute atomic E-state index is 12.6. The van der Waals surface area contributed by atoms with E-state index in [2.05, 4.69) is 38.1 Å². The lowest BCUT2D eigenvalue weighted by Crippen LogP contribution is -2.49. The number of nitrogens with zero attached hydrogens (tertiary/aromatic N) is 4. The fraction of sp³-hybridized carbons (Fsp3) is 0.409. The second kappa shape index (κ2) is 8.47. The molecule has 7 heteroatoms. The quantitative estimate of drug-likeness (QED) is 0.697.